The van der Waals surface area contributed by atoms with E-state index in [2.05, 4.69) is 15.5 Å². The van der Waals surface area contributed by atoms with Crippen molar-refractivity contribution >= 4 is 11.9 Å². The Morgan fingerprint density at radius 3 is 2.74 bits per heavy atom. The first-order valence-electron chi connectivity index (χ1n) is 8.05. The van der Waals surface area contributed by atoms with Crippen molar-refractivity contribution in [3.8, 4) is 0 Å². The number of carbonyl (C=O) groups is 2. The van der Waals surface area contributed by atoms with Crippen molar-refractivity contribution in [2.45, 2.75) is 25.4 Å². The van der Waals surface area contributed by atoms with E-state index in [1.165, 1.54) is 0 Å². The van der Waals surface area contributed by atoms with Crippen molar-refractivity contribution in [2.24, 2.45) is 0 Å². The quantitative estimate of drug-likeness (QED) is 0.738. The summed E-state index contributed by atoms with van der Waals surface area (Å²) < 4.78 is 0. The number of nitrogens with one attached hydrogen (secondary N) is 2. The molecule has 0 radical (unpaired) electrons. The third-order valence-corrected chi connectivity index (χ3v) is 3.83. The highest BCUT2D eigenvalue weighted by atomic mass is 16.2. The largest absolute Gasteiger partial charge is 0.338 e. The van der Waals surface area contributed by atoms with Gasteiger partial charge in [-0.25, -0.2) is 4.79 Å². The van der Waals surface area contributed by atoms with E-state index in [1.54, 1.807) is 4.90 Å². The summed E-state index contributed by atoms with van der Waals surface area (Å²) in [5, 5.41) is 5.72. The highest BCUT2D eigenvalue weighted by Gasteiger charge is 2.30. The van der Waals surface area contributed by atoms with Crippen LogP contribution in [-0.2, 0) is 11.3 Å². The van der Waals surface area contributed by atoms with Gasteiger partial charge in [-0.1, -0.05) is 30.3 Å². The van der Waals surface area contributed by atoms with Gasteiger partial charge in [0.05, 0.1) is 6.04 Å². The third-order valence-electron chi connectivity index (χ3n) is 3.83. The van der Waals surface area contributed by atoms with E-state index in [1.807, 2.05) is 44.4 Å². The molecule has 2 rings (SSSR count). The van der Waals surface area contributed by atoms with Crippen LogP contribution in [-0.4, -0.2) is 61.5 Å². The maximum atomic E-state index is 12.1. The van der Waals surface area contributed by atoms with Gasteiger partial charge < -0.3 is 20.4 Å². The molecule has 1 aliphatic heterocycles. The Labute approximate surface area is 137 Å². The summed E-state index contributed by atoms with van der Waals surface area (Å²) in [5.74, 6) is 0.0896. The molecule has 1 aliphatic rings. The minimum Gasteiger partial charge on any atom is -0.338 e. The van der Waals surface area contributed by atoms with E-state index >= 15 is 0 Å². The molecule has 6 heteroatoms. The number of benzene rings is 1. The van der Waals surface area contributed by atoms with Crippen LogP contribution in [0.4, 0.5) is 4.79 Å². The van der Waals surface area contributed by atoms with Crippen LogP contribution in [0.15, 0.2) is 30.3 Å². The zero-order valence-electron chi connectivity index (χ0n) is 13.9. The first-order valence-corrected chi connectivity index (χ1v) is 8.05. The van der Waals surface area contributed by atoms with Gasteiger partial charge in [-0.2, -0.15) is 0 Å². The van der Waals surface area contributed by atoms with Gasteiger partial charge >= 0.3 is 6.03 Å². The van der Waals surface area contributed by atoms with E-state index in [0.717, 1.165) is 18.5 Å². The molecular weight excluding hydrogens is 292 g/mol. The van der Waals surface area contributed by atoms with Crippen LogP contribution in [0.3, 0.4) is 0 Å². The van der Waals surface area contributed by atoms with Crippen molar-refractivity contribution in [3.63, 3.8) is 0 Å². The molecule has 3 amide bonds. The molecule has 0 saturated carbocycles. The molecule has 0 bridgehead atoms. The van der Waals surface area contributed by atoms with Crippen molar-refractivity contribution in [1.82, 2.24) is 20.4 Å². The van der Waals surface area contributed by atoms with Crippen LogP contribution in [0, 0.1) is 0 Å². The Morgan fingerprint density at radius 2 is 2.04 bits per heavy atom. The van der Waals surface area contributed by atoms with Gasteiger partial charge in [0.1, 0.15) is 0 Å². The van der Waals surface area contributed by atoms with E-state index < -0.39 is 0 Å². The number of hydrogen-bond acceptors (Lipinski definition) is 3. The molecule has 6 nitrogen and oxygen atoms in total. The minimum absolute atomic E-state index is 0.0896. The second-order valence-electron chi connectivity index (χ2n) is 6.22. The molecule has 1 heterocycles. The minimum atomic E-state index is -0.192. The number of carbonyl (C=O) groups excluding carboxylic acids is 2. The second-order valence-corrected chi connectivity index (χ2v) is 6.22. The van der Waals surface area contributed by atoms with Gasteiger partial charge in [-0.05, 0) is 32.6 Å². The lowest BCUT2D eigenvalue weighted by Gasteiger charge is -2.17. The molecule has 2 N–H and O–H groups in total. The van der Waals surface area contributed by atoms with E-state index in [9.17, 15) is 9.59 Å². The second kappa shape index (κ2) is 8.53. The molecule has 0 aliphatic carbocycles. The molecule has 0 spiro atoms. The predicted octanol–water partition coefficient (Wildman–Crippen LogP) is 1.04. The van der Waals surface area contributed by atoms with Crippen LogP contribution in [0.1, 0.15) is 18.4 Å². The van der Waals surface area contributed by atoms with Crippen LogP contribution in [0.5, 0.6) is 0 Å². The average Bonchev–Trinajstić information content (AvgIpc) is 2.84. The van der Waals surface area contributed by atoms with Gasteiger partial charge in [0, 0.05) is 26.1 Å². The van der Waals surface area contributed by atoms with E-state index in [4.69, 9.17) is 0 Å². The number of amides is 3. The summed E-state index contributed by atoms with van der Waals surface area (Å²) >= 11 is 0. The molecule has 126 valence electrons. The summed E-state index contributed by atoms with van der Waals surface area (Å²) in [4.78, 5) is 27.8. The van der Waals surface area contributed by atoms with Crippen LogP contribution >= 0.6 is 0 Å². The topological polar surface area (TPSA) is 64.7 Å². The molecule has 1 saturated heterocycles. The van der Waals surface area contributed by atoms with Gasteiger partial charge in [-0.15, -0.1) is 0 Å². The first kappa shape index (κ1) is 17.3. The normalized spacial score (nSPS) is 17.6. The summed E-state index contributed by atoms with van der Waals surface area (Å²) in [6.45, 7) is 2.74. The molecule has 1 unspecified atom stereocenters. The maximum absolute atomic E-state index is 12.1. The summed E-state index contributed by atoms with van der Waals surface area (Å²) in [6, 6.07) is 9.60. The highest BCUT2D eigenvalue weighted by molar-refractivity contribution is 5.81. The molecule has 1 fully saturated rings. The van der Waals surface area contributed by atoms with Crippen LogP contribution in [0.2, 0.25) is 0 Å². The molecular formula is C17H26N4O2. The Morgan fingerprint density at radius 1 is 1.30 bits per heavy atom. The Kier molecular flexibility index (Phi) is 6.40. The van der Waals surface area contributed by atoms with Gasteiger partial charge in [-0.3, -0.25) is 4.79 Å². The first-order chi connectivity index (χ1) is 11.0. The summed E-state index contributed by atoms with van der Waals surface area (Å²) in [7, 11) is 4.01. The molecule has 0 aromatic heterocycles. The summed E-state index contributed by atoms with van der Waals surface area (Å²) in [5.41, 5.74) is 1.11. The molecule has 1 aromatic rings. The molecule has 23 heavy (non-hydrogen) atoms. The lowest BCUT2D eigenvalue weighted by molar-refractivity contribution is -0.128. The van der Waals surface area contributed by atoms with Crippen molar-refractivity contribution in [2.75, 3.05) is 33.7 Å². The fraction of sp³-hybridized carbons (Fsp3) is 0.529. The standard InChI is InChI=1S/C17H26N4O2/c1-20(2)10-6-9-18-17(23)19-15-11-16(22)21(13-15)12-14-7-4-3-5-8-14/h3-5,7-8,15H,6,9-13H2,1-2H3,(H2,18,19,23). The smallest absolute Gasteiger partial charge is 0.315 e. The Balaban J connectivity index is 1.71. The van der Waals surface area contributed by atoms with E-state index in [-0.39, 0.29) is 18.0 Å². The van der Waals surface area contributed by atoms with Gasteiger partial charge in [0.15, 0.2) is 0 Å². The Bertz CT molecular complexity index is 519. The van der Waals surface area contributed by atoms with Crippen molar-refractivity contribution in [3.05, 3.63) is 35.9 Å². The van der Waals surface area contributed by atoms with Crippen molar-refractivity contribution in [1.29, 1.82) is 0 Å². The number of urea groups is 1. The molecule has 1 atom stereocenters. The highest BCUT2D eigenvalue weighted by Crippen LogP contribution is 2.14. The average molecular weight is 318 g/mol. The summed E-state index contributed by atoms with van der Waals surface area (Å²) in [6.07, 6.45) is 1.28. The van der Waals surface area contributed by atoms with Crippen molar-refractivity contribution < 1.29 is 9.59 Å². The number of likely N-dealkylation sites (tertiary alicyclic amines) is 1. The monoisotopic (exact) mass is 318 g/mol. The SMILES string of the molecule is CN(C)CCCNC(=O)NC1CC(=O)N(Cc2ccccc2)C1. The Hall–Kier alpha value is -2.08. The lowest BCUT2D eigenvalue weighted by Crippen LogP contribution is -2.43. The number of nitrogens with zero attached hydrogens (tertiary/aromatic N) is 2. The maximum Gasteiger partial charge on any atom is 0.315 e. The number of rotatable bonds is 7. The molecule has 1 aromatic carbocycles. The fourth-order valence-electron chi connectivity index (χ4n) is 2.66. The lowest BCUT2D eigenvalue weighted by atomic mass is 10.2. The van der Waals surface area contributed by atoms with Gasteiger partial charge in [0.2, 0.25) is 5.91 Å². The zero-order valence-corrected chi connectivity index (χ0v) is 13.9. The van der Waals surface area contributed by atoms with E-state index in [0.29, 0.717) is 26.1 Å². The predicted molar refractivity (Wildman–Crippen MR) is 90.0 cm³/mol. The van der Waals surface area contributed by atoms with Crippen LogP contribution < -0.4 is 10.6 Å². The number of hydrogen-bond donors (Lipinski definition) is 2. The zero-order chi connectivity index (χ0) is 16.7. The van der Waals surface area contributed by atoms with Crippen LogP contribution in [0.25, 0.3) is 0 Å². The van der Waals surface area contributed by atoms with Gasteiger partial charge in [0.25, 0.3) is 0 Å². The fourth-order valence-corrected chi connectivity index (χ4v) is 2.66. The third kappa shape index (κ3) is 5.90.